The topological polar surface area (TPSA) is 84.7 Å². The summed E-state index contributed by atoms with van der Waals surface area (Å²) in [6.07, 6.45) is 3.14. The predicted octanol–water partition coefficient (Wildman–Crippen LogP) is 0.973. The summed E-state index contributed by atoms with van der Waals surface area (Å²) in [4.78, 5) is 19.7. The number of fused-ring (bicyclic) bond motifs is 1. The quantitative estimate of drug-likeness (QED) is 0.745. The van der Waals surface area contributed by atoms with E-state index in [1.165, 1.54) is 6.33 Å². The molecule has 3 rings (SSSR count). The van der Waals surface area contributed by atoms with Crippen molar-refractivity contribution in [2.75, 3.05) is 18.9 Å². The van der Waals surface area contributed by atoms with Crippen molar-refractivity contribution in [3.05, 3.63) is 42.9 Å². The Balaban J connectivity index is 1.98. The monoisotopic (exact) mass is 282 g/mol. The minimum Gasteiger partial charge on any atom is -0.360 e. The van der Waals surface area contributed by atoms with Gasteiger partial charge in [0.1, 0.15) is 12.1 Å². The maximum Gasteiger partial charge on any atom is 0.239 e. The molecule has 2 N–H and O–H groups in total. The molecule has 1 aromatic carbocycles. The molecular formula is C14H14N6O. The number of benzene rings is 1. The molecule has 2 aromatic heterocycles. The molecule has 0 aliphatic rings. The van der Waals surface area contributed by atoms with Crippen molar-refractivity contribution in [2.45, 2.75) is 0 Å². The van der Waals surface area contributed by atoms with Crippen molar-refractivity contribution < 1.29 is 4.79 Å². The van der Waals surface area contributed by atoms with Gasteiger partial charge in [0, 0.05) is 7.05 Å². The Bertz CT molecular complexity index is 767. The average molecular weight is 282 g/mol. The maximum absolute atomic E-state index is 11.3. The first-order chi connectivity index (χ1) is 10.3. The summed E-state index contributed by atoms with van der Waals surface area (Å²) in [7, 11) is 1.59. The number of carbonyl (C=O) groups is 1. The Morgan fingerprint density at radius 3 is 2.81 bits per heavy atom. The zero-order valence-electron chi connectivity index (χ0n) is 11.4. The molecule has 1 amide bonds. The first-order valence-electron chi connectivity index (χ1n) is 6.48. The lowest BCUT2D eigenvalue weighted by atomic mass is 10.3. The predicted molar refractivity (Wildman–Crippen MR) is 79.2 cm³/mol. The van der Waals surface area contributed by atoms with Crippen LogP contribution in [0.2, 0.25) is 0 Å². The summed E-state index contributed by atoms with van der Waals surface area (Å²) in [6.45, 7) is 0.152. The van der Waals surface area contributed by atoms with Gasteiger partial charge in [-0.3, -0.25) is 4.79 Å². The highest BCUT2D eigenvalue weighted by molar-refractivity contribution is 5.89. The molecule has 7 nitrogen and oxygen atoms in total. The van der Waals surface area contributed by atoms with Crippen LogP contribution in [0.25, 0.3) is 16.7 Å². The lowest BCUT2D eigenvalue weighted by molar-refractivity contribution is -0.118. The fraction of sp³-hybridized carbons (Fsp3) is 0.143. The summed E-state index contributed by atoms with van der Waals surface area (Å²) in [5.41, 5.74) is 1.61. The van der Waals surface area contributed by atoms with Crippen LogP contribution < -0.4 is 10.6 Å². The zero-order chi connectivity index (χ0) is 14.7. The van der Waals surface area contributed by atoms with Gasteiger partial charge >= 0.3 is 0 Å². The SMILES string of the molecule is CNC(=O)CNc1ncnc2c1cnn2-c1ccccc1. The second kappa shape index (κ2) is 5.58. The molecule has 0 saturated carbocycles. The molecule has 0 unspecified atom stereocenters. The molecule has 21 heavy (non-hydrogen) atoms. The van der Waals surface area contributed by atoms with E-state index < -0.39 is 0 Å². The number of nitrogens with one attached hydrogen (secondary N) is 2. The molecule has 0 aliphatic carbocycles. The first kappa shape index (κ1) is 13.0. The highest BCUT2D eigenvalue weighted by atomic mass is 16.1. The van der Waals surface area contributed by atoms with E-state index in [2.05, 4.69) is 25.7 Å². The van der Waals surface area contributed by atoms with Crippen LogP contribution in [-0.4, -0.2) is 39.2 Å². The Kier molecular flexibility index (Phi) is 3.46. The number of anilines is 1. The van der Waals surface area contributed by atoms with E-state index in [0.29, 0.717) is 11.5 Å². The fourth-order valence-corrected chi connectivity index (χ4v) is 2.00. The number of para-hydroxylation sites is 1. The Morgan fingerprint density at radius 1 is 1.24 bits per heavy atom. The van der Waals surface area contributed by atoms with Crippen molar-refractivity contribution in [1.82, 2.24) is 25.1 Å². The molecular weight excluding hydrogens is 268 g/mol. The van der Waals surface area contributed by atoms with Crippen LogP contribution in [0.3, 0.4) is 0 Å². The van der Waals surface area contributed by atoms with Gasteiger partial charge < -0.3 is 10.6 Å². The number of rotatable bonds is 4. The van der Waals surface area contributed by atoms with Gasteiger partial charge in [0.25, 0.3) is 0 Å². The van der Waals surface area contributed by atoms with E-state index in [1.807, 2.05) is 30.3 Å². The first-order valence-corrected chi connectivity index (χ1v) is 6.48. The second-order valence-corrected chi connectivity index (χ2v) is 4.38. The Hall–Kier alpha value is -2.96. The van der Waals surface area contributed by atoms with Crippen LogP contribution in [0.4, 0.5) is 5.82 Å². The highest BCUT2D eigenvalue weighted by Crippen LogP contribution is 2.21. The second-order valence-electron chi connectivity index (χ2n) is 4.38. The summed E-state index contributed by atoms with van der Waals surface area (Å²) in [5.74, 6) is 0.475. The van der Waals surface area contributed by atoms with Crippen LogP contribution in [0, 0.1) is 0 Å². The molecule has 0 saturated heterocycles. The standard InChI is InChI=1S/C14H14N6O/c1-15-12(21)8-16-13-11-7-19-20(14(11)18-9-17-13)10-5-3-2-4-6-10/h2-7,9H,8H2,1H3,(H,15,21)(H,16,17,18). The molecule has 0 fully saturated rings. The van der Waals surface area contributed by atoms with Gasteiger partial charge in [0.2, 0.25) is 5.91 Å². The van der Waals surface area contributed by atoms with Crippen LogP contribution in [0.15, 0.2) is 42.9 Å². The van der Waals surface area contributed by atoms with Crippen LogP contribution >= 0.6 is 0 Å². The summed E-state index contributed by atoms with van der Waals surface area (Å²) >= 11 is 0. The van der Waals surface area contributed by atoms with E-state index >= 15 is 0 Å². The zero-order valence-corrected chi connectivity index (χ0v) is 11.4. The molecule has 0 spiro atoms. The fourth-order valence-electron chi connectivity index (χ4n) is 2.00. The minimum absolute atomic E-state index is 0.114. The smallest absolute Gasteiger partial charge is 0.239 e. The largest absolute Gasteiger partial charge is 0.360 e. The number of hydrogen-bond donors (Lipinski definition) is 2. The van der Waals surface area contributed by atoms with E-state index in [9.17, 15) is 4.79 Å². The van der Waals surface area contributed by atoms with Crippen molar-refractivity contribution in [3.63, 3.8) is 0 Å². The van der Waals surface area contributed by atoms with Crippen molar-refractivity contribution in [3.8, 4) is 5.69 Å². The van der Waals surface area contributed by atoms with Gasteiger partial charge in [-0.05, 0) is 12.1 Å². The van der Waals surface area contributed by atoms with E-state index in [0.717, 1.165) is 11.1 Å². The van der Waals surface area contributed by atoms with Gasteiger partial charge in [0.05, 0.1) is 23.8 Å². The van der Waals surface area contributed by atoms with Crippen LogP contribution in [-0.2, 0) is 4.79 Å². The number of amides is 1. The molecule has 0 atom stereocenters. The van der Waals surface area contributed by atoms with Gasteiger partial charge in [0.15, 0.2) is 5.65 Å². The van der Waals surface area contributed by atoms with Crippen LogP contribution in [0.5, 0.6) is 0 Å². The third-order valence-electron chi connectivity index (χ3n) is 3.06. The summed E-state index contributed by atoms with van der Waals surface area (Å²) in [5, 5.41) is 10.7. The highest BCUT2D eigenvalue weighted by Gasteiger charge is 2.11. The van der Waals surface area contributed by atoms with Crippen LogP contribution in [0.1, 0.15) is 0 Å². The maximum atomic E-state index is 11.3. The number of hydrogen-bond acceptors (Lipinski definition) is 5. The Labute approximate surface area is 121 Å². The van der Waals surface area contributed by atoms with Crippen molar-refractivity contribution in [2.24, 2.45) is 0 Å². The number of carbonyl (C=O) groups excluding carboxylic acids is 1. The van der Waals surface area contributed by atoms with Gasteiger partial charge in [-0.25, -0.2) is 14.6 Å². The van der Waals surface area contributed by atoms with Gasteiger partial charge in [-0.15, -0.1) is 0 Å². The number of nitrogens with zero attached hydrogens (tertiary/aromatic N) is 4. The third kappa shape index (κ3) is 2.53. The summed E-state index contributed by atoms with van der Waals surface area (Å²) in [6, 6.07) is 9.72. The molecule has 0 aliphatic heterocycles. The number of aromatic nitrogens is 4. The Morgan fingerprint density at radius 2 is 2.05 bits per heavy atom. The molecule has 0 radical (unpaired) electrons. The molecule has 2 heterocycles. The van der Waals surface area contributed by atoms with E-state index in [1.54, 1.807) is 17.9 Å². The average Bonchev–Trinajstić information content (AvgIpc) is 2.98. The molecule has 3 aromatic rings. The van der Waals surface area contributed by atoms with Gasteiger partial charge in [-0.2, -0.15) is 5.10 Å². The van der Waals surface area contributed by atoms with E-state index in [4.69, 9.17) is 0 Å². The minimum atomic E-state index is -0.114. The number of likely N-dealkylation sites (N-methyl/N-ethyl adjacent to an activating group) is 1. The third-order valence-corrected chi connectivity index (χ3v) is 3.06. The van der Waals surface area contributed by atoms with Gasteiger partial charge in [-0.1, -0.05) is 18.2 Å². The van der Waals surface area contributed by atoms with Crippen molar-refractivity contribution >= 4 is 22.8 Å². The summed E-state index contributed by atoms with van der Waals surface area (Å²) < 4.78 is 1.74. The normalized spacial score (nSPS) is 10.5. The molecule has 106 valence electrons. The lowest BCUT2D eigenvalue weighted by Crippen LogP contribution is -2.26. The molecule has 0 bridgehead atoms. The van der Waals surface area contributed by atoms with Crippen molar-refractivity contribution in [1.29, 1.82) is 0 Å². The van der Waals surface area contributed by atoms with E-state index in [-0.39, 0.29) is 12.5 Å². The molecule has 7 heteroatoms. The lowest BCUT2D eigenvalue weighted by Gasteiger charge is -2.06.